The highest BCUT2D eigenvalue weighted by Gasteiger charge is 2.43. The lowest BCUT2D eigenvalue weighted by Crippen LogP contribution is -2.38. The summed E-state index contributed by atoms with van der Waals surface area (Å²) in [6.45, 7) is 5.40. The molecule has 1 aromatic rings. The van der Waals surface area contributed by atoms with E-state index in [0.717, 1.165) is 0 Å². The highest BCUT2D eigenvalue weighted by atomic mass is 16.5. The monoisotopic (exact) mass is 350 g/mol. The molecule has 3 atom stereocenters. The van der Waals surface area contributed by atoms with Gasteiger partial charge in [-0.25, -0.2) is 0 Å². The Kier molecular flexibility index (Phi) is 5.75. The second kappa shape index (κ2) is 8.01. The second-order valence-electron chi connectivity index (χ2n) is 6.87. The third kappa shape index (κ3) is 4.04. The normalized spacial score (nSPS) is 25.7. The number of nitrogens with one attached hydrogen (secondary N) is 1. The van der Waals surface area contributed by atoms with E-state index in [-0.39, 0.29) is 17.7 Å². The SMILES string of the molecule is COCCNC(=O)C[C@@H]1COC[C@H]2CN(C(=O)c3ccoc3C)C[C@@H]12. The molecule has 2 amide bonds. The number of ether oxygens (including phenoxy) is 2. The number of rotatable bonds is 6. The molecule has 138 valence electrons. The molecule has 2 fully saturated rings. The zero-order chi connectivity index (χ0) is 17.8. The maximum Gasteiger partial charge on any atom is 0.257 e. The largest absolute Gasteiger partial charge is 0.469 e. The summed E-state index contributed by atoms with van der Waals surface area (Å²) in [5, 5.41) is 2.86. The van der Waals surface area contributed by atoms with Crippen LogP contribution in [0.25, 0.3) is 0 Å². The number of amides is 2. The minimum atomic E-state index is 0.00365. The Bertz CT molecular complexity index is 614. The van der Waals surface area contributed by atoms with Crippen LogP contribution in [0.4, 0.5) is 0 Å². The molecule has 1 aromatic heterocycles. The number of hydrogen-bond donors (Lipinski definition) is 1. The van der Waals surface area contributed by atoms with E-state index in [9.17, 15) is 9.59 Å². The molecule has 3 heterocycles. The van der Waals surface area contributed by atoms with Crippen LogP contribution in [-0.4, -0.2) is 63.3 Å². The molecular weight excluding hydrogens is 324 g/mol. The number of nitrogens with zero attached hydrogens (tertiary/aromatic N) is 1. The van der Waals surface area contributed by atoms with Crippen molar-refractivity contribution in [2.24, 2.45) is 17.8 Å². The molecule has 3 rings (SSSR count). The lowest BCUT2D eigenvalue weighted by Gasteiger charge is -2.32. The Balaban J connectivity index is 1.59. The minimum Gasteiger partial charge on any atom is -0.469 e. The van der Waals surface area contributed by atoms with E-state index >= 15 is 0 Å². The summed E-state index contributed by atoms with van der Waals surface area (Å²) in [6.07, 6.45) is 1.97. The Morgan fingerprint density at radius 2 is 2.20 bits per heavy atom. The van der Waals surface area contributed by atoms with Gasteiger partial charge in [0.25, 0.3) is 5.91 Å². The van der Waals surface area contributed by atoms with Crippen LogP contribution in [0.3, 0.4) is 0 Å². The lowest BCUT2D eigenvalue weighted by molar-refractivity contribution is -0.124. The fraction of sp³-hybridized carbons (Fsp3) is 0.667. The van der Waals surface area contributed by atoms with Crippen LogP contribution < -0.4 is 5.32 Å². The number of likely N-dealkylation sites (tertiary alicyclic amines) is 1. The molecule has 2 aliphatic heterocycles. The van der Waals surface area contributed by atoms with E-state index in [1.54, 1.807) is 26.4 Å². The molecule has 2 aliphatic rings. The first-order chi connectivity index (χ1) is 12.1. The number of fused-ring (bicyclic) bond motifs is 1. The van der Waals surface area contributed by atoms with Crippen LogP contribution in [0.15, 0.2) is 16.7 Å². The number of carbonyl (C=O) groups is 2. The smallest absolute Gasteiger partial charge is 0.257 e. The zero-order valence-electron chi connectivity index (χ0n) is 14.8. The van der Waals surface area contributed by atoms with Gasteiger partial charge in [0, 0.05) is 39.1 Å². The van der Waals surface area contributed by atoms with Crippen molar-refractivity contribution in [2.45, 2.75) is 13.3 Å². The Morgan fingerprint density at radius 3 is 2.92 bits per heavy atom. The van der Waals surface area contributed by atoms with Crippen molar-refractivity contribution < 1.29 is 23.5 Å². The summed E-state index contributed by atoms with van der Waals surface area (Å²) in [6, 6.07) is 1.72. The van der Waals surface area contributed by atoms with Crippen LogP contribution in [0.5, 0.6) is 0 Å². The average molecular weight is 350 g/mol. The van der Waals surface area contributed by atoms with Crippen molar-refractivity contribution in [2.75, 3.05) is 46.6 Å². The van der Waals surface area contributed by atoms with Gasteiger partial charge in [-0.1, -0.05) is 0 Å². The average Bonchev–Trinajstić information content (AvgIpc) is 3.21. The van der Waals surface area contributed by atoms with Crippen LogP contribution >= 0.6 is 0 Å². The molecule has 0 radical (unpaired) electrons. The van der Waals surface area contributed by atoms with E-state index < -0.39 is 0 Å². The van der Waals surface area contributed by atoms with Gasteiger partial charge < -0.3 is 24.1 Å². The second-order valence-corrected chi connectivity index (χ2v) is 6.87. The Morgan fingerprint density at radius 1 is 1.36 bits per heavy atom. The fourth-order valence-electron chi connectivity index (χ4n) is 3.86. The molecule has 25 heavy (non-hydrogen) atoms. The first-order valence-corrected chi connectivity index (χ1v) is 8.77. The maximum absolute atomic E-state index is 12.7. The zero-order valence-corrected chi connectivity index (χ0v) is 14.8. The highest BCUT2D eigenvalue weighted by molar-refractivity contribution is 5.95. The Labute approximate surface area is 147 Å². The molecule has 0 saturated carbocycles. The molecule has 1 N–H and O–H groups in total. The summed E-state index contributed by atoms with van der Waals surface area (Å²) < 4.78 is 15.9. The number of aryl methyl sites for hydroxylation is 1. The quantitative estimate of drug-likeness (QED) is 0.777. The molecule has 2 saturated heterocycles. The van der Waals surface area contributed by atoms with Crippen LogP contribution in [-0.2, 0) is 14.3 Å². The summed E-state index contributed by atoms with van der Waals surface area (Å²) >= 11 is 0. The van der Waals surface area contributed by atoms with Crippen molar-refractivity contribution in [3.05, 3.63) is 23.7 Å². The first-order valence-electron chi connectivity index (χ1n) is 8.77. The van der Waals surface area contributed by atoms with Crippen molar-refractivity contribution in [3.8, 4) is 0 Å². The van der Waals surface area contributed by atoms with E-state index in [1.165, 1.54) is 0 Å². The van der Waals surface area contributed by atoms with Gasteiger partial charge in [0.1, 0.15) is 5.76 Å². The predicted molar refractivity (Wildman–Crippen MR) is 90.1 cm³/mol. The van der Waals surface area contributed by atoms with Gasteiger partial charge in [-0.3, -0.25) is 9.59 Å². The number of methoxy groups -OCH3 is 1. The minimum absolute atomic E-state index is 0.00365. The van der Waals surface area contributed by atoms with Crippen molar-refractivity contribution in [1.82, 2.24) is 10.2 Å². The summed E-state index contributed by atoms with van der Waals surface area (Å²) in [5.74, 6) is 1.40. The van der Waals surface area contributed by atoms with E-state index in [0.29, 0.717) is 69.0 Å². The van der Waals surface area contributed by atoms with E-state index in [2.05, 4.69) is 5.32 Å². The van der Waals surface area contributed by atoms with E-state index in [4.69, 9.17) is 13.9 Å². The van der Waals surface area contributed by atoms with Crippen LogP contribution in [0.2, 0.25) is 0 Å². The Hall–Kier alpha value is -1.86. The third-order valence-electron chi connectivity index (χ3n) is 5.21. The topological polar surface area (TPSA) is 81.0 Å². The van der Waals surface area contributed by atoms with Crippen LogP contribution in [0.1, 0.15) is 22.5 Å². The van der Waals surface area contributed by atoms with Crippen molar-refractivity contribution in [3.63, 3.8) is 0 Å². The highest BCUT2D eigenvalue weighted by Crippen LogP contribution is 2.36. The molecular formula is C18H26N2O5. The van der Waals surface area contributed by atoms with Crippen molar-refractivity contribution >= 4 is 11.8 Å². The third-order valence-corrected chi connectivity index (χ3v) is 5.21. The molecule has 0 aromatic carbocycles. The number of furan rings is 1. The number of carbonyl (C=O) groups excluding carboxylic acids is 2. The fourth-order valence-corrected chi connectivity index (χ4v) is 3.86. The predicted octanol–water partition coefficient (Wildman–Crippen LogP) is 1.08. The van der Waals surface area contributed by atoms with Gasteiger partial charge >= 0.3 is 0 Å². The first kappa shape index (κ1) is 17.9. The van der Waals surface area contributed by atoms with Gasteiger partial charge in [-0.05, 0) is 24.8 Å². The van der Waals surface area contributed by atoms with Gasteiger partial charge in [0.15, 0.2) is 0 Å². The summed E-state index contributed by atoms with van der Waals surface area (Å²) in [4.78, 5) is 26.7. The van der Waals surface area contributed by atoms with Crippen LogP contribution in [0, 0.1) is 24.7 Å². The molecule has 0 spiro atoms. The van der Waals surface area contributed by atoms with Crippen molar-refractivity contribution in [1.29, 1.82) is 0 Å². The number of hydrogen-bond acceptors (Lipinski definition) is 5. The standard InChI is InChI=1S/C18H26N2O5/c1-12-15(3-5-25-12)18(22)20-8-14-11-24-10-13(16(14)9-20)7-17(21)19-4-6-23-2/h3,5,13-14,16H,4,6-11H2,1-2H3,(H,19,21)/t13-,14-,16+/m1/s1. The molecule has 7 nitrogen and oxygen atoms in total. The molecule has 0 aliphatic carbocycles. The molecule has 0 unspecified atom stereocenters. The van der Waals surface area contributed by atoms with Gasteiger partial charge in [-0.15, -0.1) is 0 Å². The van der Waals surface area contributed by atoms with E-state index in [1.807, 2.05) is 4.90 Å². The van der Waals surface area contributed by atoms with Gasteiger partial charge in [0.05, 0.1) is 31.6 Å². The molecule has 7 heteroatoms. The maximum atomic E-state index is 12.7. The van der Waals surface area contributed by atoms with Gasteiger partial charge in [0.2, 0.25) is 5.91 Å². The molecule has 0 bridgehead atoms. The van der Waals surface area contributed by atoms with Gasteiger partial charge in [-0.2, -0.15) is 0 Å². The summed E-state index contributed by atoms with van der Waals surface area (Å²) in [5.41, 5.74) is 0.619. The lowest BCUT2D eigenvalue weighted by atomic mass is 9.81. The summed E-state index contributed by atoms with van der Waals surface area (Å²) in [7, 11) is 1.61.